The molecule has 1 aromatic heterocycles. The minimum atomic E-state index is -0.345. The molecule has 1 unspecified atom stereocenters. The van der Waals surface area contributed by atoms with Crippen molar-refractivity contribution in [3.63, 3.8) is 0 Å². The first kappa shape index (κ1) is 12.6. The standard InChI is InChI=1S/C16H14N2O2/c17-9-15-12(2-1-7-18-15)10-20-13-4-5-14-11(8-13)3-6-16(14)19/h1-2,4-5,7-8,16,19H,3,6,10H2. The van der Waals surface area contributed by atoms with Gasteiger partial charge in [0.2, 0.25) is 0 Å². The van der Waals surface area contributed by atoms with Crippen LogP contribution in [0.25, 0.3) is 0 Å². The van der Waals surface area contributed by atoms with Crippen LogP contribution >= 0.6 is 0 Å². The molecule has 100 valence electrons. The molecule has 1 N–H and O–H groups in total. The van der Waals surface area contributed by atoms with E-state index in [-0.39, 0.29) is 6.10 Å². The summed E-state index contributed by atoms with van der Waals surface area (Å²) < 4.78 is 5.72. The van der Waals surface area contributed by atoms with Gasteiger partial charge in [-0.05, 0) is 42.2 Å². The van der Waals surface area contributed by atoms with E-state index in [1.54, 1.807) is 12.3 Å². The van der Waals surface area contributed by atoms with Crippen LogP contribution < -0.4 is 4.74 Å². The number of nitrogens with zero attached hydrogens (tertiary/aromatic N) is 2. The summed E-state index contributed by atoms with van der Waals surface area (Å²) in [4.78, 5) is 4.00. The topological polar surface area (TPSA) is 66.1 Å². The van der Waals surface area contributed by atoms with Crippen molar-refractivity contribution in [2.75, 3.05) is 0 Å². The minimum Gasteiger partial charge on any atom is -0.489 e. The molecule has 0 saturated heterocycles. The van der Waals surface area contributed by atoms with Crippen molar-refractivity contribution in [2.45, 2.75) is 25.6 Å². The molecule has 20 heavy (non-hydrogen) atoms. The minimum absolute atomic E-state index is 0.318. The first-order valence-corrected chi connectivity index (χ1v) is 6.55. The zero-order chi connectivity index (χ0) is 13.9. The van der Waals surface area contributed by atoms with Gasteiger partial charge in [-0.25, -0.2) is 4.98 Å². The maximum absolute atomic E-state index is 9.76. The van der Waals surface area contributed by atoms with E-state index in [1.165, 1.54) is 0 Å². The summed E-state index contributed by atoms with van der Waals surface area (Å²) >= 11 is 0. The second kappa shape index (κ2) is 5.32. The van der Waals surface area contributed by atoms with E-state index in [1.807, 2.05) is 24.3 Å². The third kappa shape index (κ3) is 2.36. The van der Waals surface area contributed by atoms with E-state index in [0.29, 0.717) is 12.3 Å². The number of fused-ring (bicyclic) bond motifs is 1. The number of aromatic nitrogens is 1. The SMILES string of the molecule is N#Cc1ncccc1COc1ccc2c(c1)CCC2O. The van der Waals surface area contributed by atoms with Gasteiger partial charge < -0.3 is 9.84 Å². The summed E-state index contributed by atoms with van der Waals surface area (Å²) in [6, 6.07) is 11.4. The molecule has 0 saturated carbocycles. The fraction of sp³-hybridized carbons (Fsp3) is 0.250. The lowest BCUT2D eigenvalue weighted by Crippen LogP contribution is -2.00. The van der Waals surface area contributed by atoms with Gasteiger partial charge in [-0.2, -0.15) is 5.26 Å². The van der Waals surface area contributed by atoms with Crippen LogP contribution in [-0.2, 0) is 13.0 Å². The zero-order valence-electron chi connectivity index (χ0n) is 10.9. The predicted octanol–water partition coefficient (Wildman–Crippen LogP) is 2.51. The van der Waals surface area contributed by atoms with Gasteiger partial charge >= 0.3 is 0 Å². The number of aryl methyl sites for hydroxylation is 1. The largest absolute Gasteiger partial charge is 0.489 e. The number of ether oxygens (including phenoxy) is 1. The Balaban J connectivity index is 1.75. The molecule has 0 spiro atoms. The lowest BCUT2D eigenvalue weighted by atomic mass is 10.1. The number of rotatable bonds is 3. The number of pyridine rings is 1. The molecule has 1 aliphatic rings. The first-order valence-electron chi connectivity index (χ1n) is 6.55. The van der Waals surface area contributed by atoms with E-state index in [2.05, 4.69) is 11.1 Å². The van der Waals surface area contributed by atoms with Crippen LogP contribution in [0.5, 0.6) is 5.75 Å². The maximum atomic E-state index is 9.76. The van der Waals surface area contributed by atoms with Crippen LogP contribution in [0.2, 0.25) is 0 Å². The van der Waals surface area contributed by atoms with Crippen LogP contribution in [0, 0.1) is 11.3 Å². The van der Waals surface area contributed by atoms with Gasteiger partial charge in [0.15, 0.2) is 0 Å². The molecule has 4 heteroatoms. The number of nitriles is 1. The highest BCUT2D eigenvalue weighted by atomic mass is 16.5. The van der Waals surface area contributed by atoms with Crippen molar-refractivity contribution in [2.24, 2.45) is 0 Å². The predicted molar refractivity (Wildman–Crippen MR) is 73.0 cm³/mol. The summed E-state index contributed by atoms with van der Waals surface area (Å²) in [6.07, 6.45) is 2.91. The van der Waals surface area contributed by atoms with Crippen molar-refractivity contribution < 1.29 is 9.84 Å². The number of hydrogen-bond acceptors (Lipinski definition) is 4. The van der Waals surface area contributed by atoms with Crippen molar-refractivity contribution in [3.05, 3.63) is 58.9 Å². The van der Waals surface area contributed by atoms with Crippen molar-refractivity contribution in [1.82, 2.24) is 4.98 Å². The number of hydrogen-bond donors (Lipinski definition) is 1. The number of aliphatic hydroxyl groups excluding tert-OH is 1. The van der Waals surface area contributed by atoms with Crippen molar-refractivity contribution in [3.8, 4) is 11.8 Å². The molecule has 4 nitrogen and oxygen atoms in total. The Labute approximate surface area is 117 Å². The highest BCUT2D eigenvalue weighted by molar-refractivity contribution is 5.40. The van der Waals surface area contributed by atoms with E-state index < -0.39 is 0 Å². The fourth-order valence-corrected chi connectivity index (χ4v) is 2.48. The highest BCUT2D eigenvalue weighted by Crippen LogP contribution is 2.33. The van der Waals surface area contributed by atoms with Crippen LogP contribution in [0.15, 0.2) is 36.5 Å². The Morgan fingerprint density at radius 2 is 2.30 bits per heavy atom. The van der Waals surface area contributed by atoms with Gasteiger partial charge in [-0.15, -0.1) is 0 Å². The molecule has 1 atom stereocenters. The number of benzene rings is 1. The average molecular weight is 266 g/mol. The Morgan fingerprint density at radius 3 is 3.15 bits per heavy atom. The second-order valence-electron chi connectivity index (χ2n) is 4.83. The van der Waals surface area contributed by atoms with Gasteiger partial charge in [-0.3, -0.25) is 0 Å². The van der Waals surface area contributed by atoms with Crippen molar-refractivity contribution >= 4 is 0 Å². The van der Waals surface area contributed by atoms with Gasteiger partial charge in [0.25, 0.3) is 0 Å². The molecule has 2 aromatic rings. The molecule has 1 heterocycles. The molecule has 0 fully saturated rings. The second-order valence-corrected chi connectivity index (χ2v) is 4.83. The third-order valence-electron chi connectivity index (χ3n) is 3.55. The Hall–Kier alpha value is -2.38. The Bertz CT molecular complexity index is 676. The molecule has 0 bridgehead atoms. The summed E-state index contributed by atoms with van der Waals surface area (Å²) in [5.74, 6) is 0.755. The highest BCUT2D eigenvalue weighted by Gasteiger charge is 2.20. The first-order chi connectivity index (χ1) is 9.78. The monoisotopic (exact) mass is 266 g/mol. The van der Waals surface area contributed by atoms with E-state index in [4.69, 9.17) is 10.00 Å². The summed E-state index contributed by atoms with van der Waals surface area (Å²) in [5, 5.41) is 18.7. The lowest BCUT2D eigenvalue weighted by molar-refractivity contribution is 0.180. The lowest BCUT2D eigenvalue weighted by Gasteiger charge is -2.09. The Kier molecular flexibility index (Phi) is 3.36. The fourth-order valence-electron chi connectivity index (χ4n) is 2.48. The quantitative estimate of drug-likeness (QED) is 0.927. The van der Waals surface area contributed by atoms with Crippen LogP contribution in [0.4, 0.5) is 0 Å². The maximum Gasteiger partial charge on any atom is 0.147 e. The van der Waals surface area contributed by atoms with E-state index in [9.17, 15) is 5.11 Å². The van der Waals surface area contributed by atoms with Crippen molar-refractivity contribution in [1.29, 1.82) is 5.26 Å². The third-order valence-corrected chi connectivity index (χ3v) is 3.55. The molecule has 0 amide bonds. The molecule has 1 aromatic carbocycles. The molecule has 3 rings (SSSR count). The number of aliphatic hydroxyl groups is 1. The molecule has 0 aliphatic heterocycles. The summed E-state index contributed by atoms with van der Waals surface area (Å²) in [5.41, 5.74) is 3.30. The summed E-state index contributed by atoms with van der Waals surface area (Å²) in [6.45, 7) is 0.318. The smallest absolute Gasteiger partial charge is 0.147 e. The van der Waals surface area contributed by atoms with Gasteiger partial charge in [0, 0.05) is 11.8 Å². The Morgan fingerprint density at radius 1 is 1.40 bits per heavy atom. The van der Waals surface area contributed by atoms with E-state index in [0.717, 1.165) is 35.3 Å². The zero-order valence-corrected chi connectivity index (χ0v) is 10.9. The van der Waals surface area contributed by atoms with Gasteiger partial charge in [0.05, 0.1) is 6.10 Å². The molecular weight excluding hydrogens is 252 g/mol. The summed E-state index contributed by atoms with van der Waals surface area (Å²) in [7, 11) is 0. The molecule has 0 radical (unpaired) electrons. The van der Waals surface area contributed by atoms with Crippen LogP contribution in [0.3, 0.4) is 0 Å². The van der Waals surface area contributed by atoms with Crippen LogP contribution in [0.1, 0.15) is 34.9 Å². The molecular formula is C16H14N2O2. The normalized spacial score (nSPS) is 16.5. The molecule has 1 aliphatic carbocycles. The average Bonchev–Trinajstić information content (AvgIpc) is 2.86. The van der Waals surface area contributed by atoms with E-state index >= 15 is 0 Å². The van der Waals surface area contributed by atoms with Gasteiger partial charge in [-0.1, -0.05) is 12.1 Å². The van der Waals surface area contributed by atoms with Gasteiger partial charge in [0.1, 0.15) is 24.1 Å². The van der Waals surface area contributed by atoms with Crippen LogP contribution in [-0.4, -0.2) is 10.1 Å².